The minimum Gasteiger partial charge on any atom is -0.480 e. The molecule has 0 heterocycles. The van der Waals surface area contributed by atoms with Gasteiger partial charge in [0.2, 0.25) is 0 Å². The first kappa shape index (κ1) is 12.5. The van der Waals surface area contributed by atoms with Gasteiger partial charge in [0.1, 0.15) is 5.75 Å². The van der Waals surface area contributed by atoms with Crippen LogP contribution in [-0.4, -0.2) is 18.1 Å². The molecule has 1 aromatic rings. The maximum atomic E-state index is 12.3. The average molecular weight is 232 g/mol. The number of para-hydroxylation sites is 1. The van der Waals surface area contributed by atoms with Crippen LogP contribution in [0.15, 0.2) is 24.3 Å². The number of benzene rings is 1. The molecule has 1 unspecified atom stereocenters. The van der Waals surface area contributed by atoms with E-state index in [2.05, 4.69) is 0 Å². The third-order valence-corrected chi connectivity index (χ3v) is 2.03. The zero-order valence-electron chi connectivity index (χ0n) is 8.84. The molecule has 5 heteroatoms. The summed E-state index contributed by atoms with van der Waals surface area (Å²) in [6, 6.07) is 5.87. The summed E-state index contributed by atoms with van der Waals surface area (Å²) in [6.45, 7) is 2.18. The van der Waals surface area contributed by atoms with Crippen molar-refractivity contribution < 1.29 is 22.7 Å². The molecule has 0 saturated heterocycles. The largest absolute Gasteiger partial charge is 0.480 e. The molecule has 0 spiro atoms. The number of carbonyl (C=O) groups excluding carboxylic acids is 1. The fourth-order valence-electron chi connectivity index (χ4n) is 1.12. The Morgan fingerprint density at radius 1 is 1.31 bits per heavy atom. The van der Waals surface area contributed by atoms with Crippen LogP contribution in [0.5, 0.6) is 5.75 Å². The monoisotopic (exact) mass is 232 g/mol. The molecule has 2 nitrogen and oxygen atoms in total. The lowest BCUT2D eigenvalue weighted by atomic mass is 10.1. The van der Waals surface area contributed by atoms with Crippen LogP contribution < -0.4 is 4.74 Å². The molecule has 16 heavy (non-hydrogen) atoms. The first-order chi connectivity index (χ1) is 7.32. The van der Waals surface area contributed by atoms with E-state index in [0.29, 0.717) is 0 Å². The van der Waals surface area contributed by atoms with E-state index in [1.165, 1.54) is 25.1 Å². The van der Waals surface area contributed by atoms with Gasteiger partial charge < -0.3 is 4.74 Å². The molecular formula is C11H11F3O2. The molecule has 0 aliphatic heterocycles. The van der Waals surface area contributed by atoms with Crippen molar-refractivity contribution in [3.05, 3.63) is 29.8 Å². The van der Waals surface area contributed by atoms with Gasteiger partial charge in [0, 0.05) is 0 Å². The van der Waals surface area contributed by atoms with E-state index in [1.807, 2.05) is 0 Å². The summed E-state index contributed by atoms with van der Waals surface area (Å²) in [4.78, 5) is 11.1. The Labute approximate surface area is 91.0 Å². The predicted molar refractivity (Wildman–Crippen MR) is 52.6 cm³/mol. The van der Waals surface area contributed by atoms with Gasteiger partial charge in [-0.1, -0.05) is 12.1 Å². The second kappa shape index (κ2) is 4.55. The number of ether oxygens (including phenoxy) is 1. The first-order valence-electron chi connectivity index (χ1n) is 4.65. The van der Waals surface area contributed by atoms with Crippen LogP contribution in [0.4, 0.5) is 13.2 Å². The van der Waals surface area contributed by atoms with E-state index >= 15 is 0 Å². The molecule has 1 atom stereocenters. The number of halogens is 3. The van der Waals surface area contributed by atoms with Crippen molar-refractivity contribution in [2.75, 3.05) is 0 Å². The highest BCUT2D eigenvalue weighted by Gasteiger charge is 2.38. The van der Waals surface area contributed by atoms with Gasteiger partial charge >= 0.3 is 6.18 Å². The summed E-state index contributed by atoms with van der Waals surface area (Å²) in [5, 5.41) is 0. The molecule has 0 amide bonds. The van der Waals surface area contributed by atoms with E-state index in [4.69, 9.17) is 4.74 Å². The Morgan fingerprint density at radius 2 is 1.88 bits per heavy atom. The van der Waals surface area contributed by atoms with Crippen LogP contribution in [-0.2, 0) is 0 Å². The fraction of sp³-hybridized carbons (Fsp3) is 0.364. The Kier molecular flexibility index (Phi) is 3.57. The van der Waals surface area contributed by atoms with Gasteiger partial charge in [-0.15, -0.1) is 0 Å². The third kappa shape index (κ3) is 2.98. The van der Waals surface area contributed by atoms with E-state index < -0.39 is 12.3 Å². The number of rotatable bonds is 3. The smallest absolute Gasteiger partial charge is 0.425 e. The second-order valence-electron chi connectivity index (χ2n) is 3.35. The number of ketones is 1. The summed E-state index contributed by atoms with van der Waals surface area (Å²) in [5.74, 6) is -0.371. The number of hydrogen-bond donors (Lipinski definition) is 0. The Balaban J connectivity index is 2.93. The average Bonchev–Trinajstić information content (AvgIpc) is 2.16. The molecule has 0 aliphatic carbocycles. The third-order valence-electron chi connectivity index (χ3n) is 2.03. The highest BCUT2D eigenvalue weighted by Crippen LogP contribution is 2.27. The summed E-state index contributed by atoms with van der Waals surface area (Å²) >= 11 is 0. The summed E-state index contributed by atoms with van der Waals surface area (Å²) in [7, 11) is 0. The predicted octanol–water partition coefficient (Wildman–Crippen LogP) is 3.22. The van der Waals surface area contributed by atoms with Gasteiger partial charge in [-0.3, -0.25) is 4.79 Å². The standard InChI is InChI=1S/C11H11F3O2/c1-7(15)9-5-3-4-6-10(9)16-8(2)11(12,13)14/h3-6,8H,1-2H3. The fourth-order valence-corrected chi connectivity index (χ4v) is 1.12. The van der Waals surface area contributed by atoms with Crippen molar-refractivity contribution in [2.45, 2.75) is 26.1 Å². The maximum absolute atomic E-state index is 12.3. The number of carbonyl (C=O) groups is 1. The SMILES string of the molecule is CC(=O)c1ccccc1OC(C)C(F)(F)F. The highest BCUT2D eigenvalue weighted by molar-refractivity contribution is 5.96. The minimum atomic E-state index is -4.44. The second-order valence-corrected chi connectivity index (χ2v) is 3.35. The summed E-state index contributed by atoms with van der Waals surface area (Å²) in [5.41, 5.74) is 0.151. The molecular weight excluding hydrogens is 221 g/mol. The first-order valence-corrected chi connectivity index (χ1v) is 4.65. The van der Waals surface area contributed by atoms with Gasteiger partial charge in [0.05, 0.1) is 5.56 Å². The molecule has 1 aromatic carbocycles. The molecule has 0 radical (unpaired) electrons. The summed E-state index contributed by atoms with van der Waals surface area (Å²) < 4.78 is 41.5. The van der Waals surface area contributed by atoms with Gasteiger partial charge in [-0.25, -0.2) is 0 Å². The maximum Gasteiger partial charge on any atom is 0.425 e. The molecule has 1 rings (SSSR count). The van der Waals surface area contributed by atoms with E-state index in [9.17, 15) is 18.0 Å². The molecule has 0 N–H and O–H groups in total. The van der Waals surface area contributed by atoms with Crippen LogP contribution in [0.2, 0.25) is 0 Å². The van der Waals surface area contributed by atoms with Gasteiger partial charge in [-0.05, 0) is 26.0 Å². The zero-order chi connectivity index (χ0) is 12.3. The Hall–Kier alpha value is -1.52. The van der Waals surface area contributed by atoms with Crippen LogP contribution in [0, 0.1) is 0 Å². The molecule has 0 aliphatic rings. The van der Waals surface area contributed by atoms with Gasteiger partial charge in [0.25, 0.3) is 0 Å². The van der Waals surface area contributed by atoms with Crippen molar-refractivity contribution >= 4 is 5.78 Å². The number of hydrogen-bond acceptors (Lipinski definition) is 2. The van der Waals surface area contributed by atoms with Gasteiger partial charge in [0.15, 0.2) is 11.9 Å². The summed E-state index contributed by atoms with van der Waals surface area (Å²) in [6.07, 6.45) is -6.38. The van der Waals surface area contributed by atoms with Crippen molar-refractivity contribution in [1.29, 1.82) is 0 Å². The lowest BCUT2D eigenvalue weighted by Crippen LogP contribution is -2.31. The van der Waals surface area contributed by atoms with Crippen LogP contribution in [0.25, 0.3) is 0 Å². The van der Waals surface area contributed by atoms with Crippen molar-refractivity contribution in [3.8, 4) is 5.75 Å². The molecule has 0 aromatic heterocycles. The van der Waals surface area contributed by atoms with E-state index in [-0.39, 0.29) is 17.1 Å². The molecule has 88 valence electrons. The van der Waals surface area contributed by atoms with Crippen molar-refractivity contribution in [2.24, 2.45) is 0 Å². The Morgan fingerprint density at radius 3 is 2.38 bits per heavy atom. The normalized spacial score (nSPS) is 13.3. The topological polar surface area (TPSA) is 26.3 Å². The highest BCUT2D eigenvalue weighted by atomic mass is 19.4. The van der Waals surface area contributed by atoms with E-state index in [0.717, 1.165) is 6.92 Å². The lowest BCUT2D eigenvalue weighted by molar-refractivity contribution is -0.189. The quantitative estimate of drug-likeness (QED) is 0.748. The Bertz CT molecular complexity index is 385. The lowest BCUT2D eigenvalue weighted by Gasteiger charge is -2.18. The van der Waals surface area contributed by atoms with Crippen LogP contribution in [0.1, 0.15) is 24.2 Å². The van der Waals surface area contributed by atoms with Crippen LogP contribution in [0.3, 0.4) is 0 Å². The molecule has 0 bridgehead atoms. The molecule has 0 saturated carbocycles. The van der Waals surface area contributed by atoms with Crippen LogP contribution >= 0.6 is 0 Å². The number of alkyl halides is 3. The van der Waals surface area contributed by atoms with Crippen molar-refractivity contribution in [3.63, 3.8) is 0 Å². The van der Waals surface area contributed by atoms with Crippen molar-refractivity contribution in [1.82, 2.24) is 0 Å². The zero-order valence-corrected chi connectivity index (χ0v) is 8.84. The minimum absolute atomic E-state index is 0.0418. The molecule has 0 fully saturated rings. The van der Waals surface area contributed by atoms with Gasteiger partial charge in [-0.2, -0.15) is 13.2 Å². The number of Topliss-reactive ketones (excluding diaryl/α,β-unsaturated/α-hetero) is 1. The van der Waals surface area contributed by atoms with E-state index in [1.54, 1.807) is 6.07 Å².